The number of aryl methyl sites for hydroxylation is 1. The zero-order valence-corrected chi connectivity index (χ0v) is 17.3. The first-order valence-electron chi connectivity index (χ1n) is 11.0. The van der Waals surface area contributed by atoms with Gasteiger partial charge in [0, 0.05) is 50.7 Å². The highest BCUT2D eigenvalue weighted by Crippen LogP contribution is 2.26. The van der Waals surface area contributed by atoms with Crippen molar-refractivity contribution in [1.29, 1.82) is 0 Å². The van der Waals surface area contributed by atoms with Crippen molar-refractivity contribution in [1.82, 2.24) is 14.7 Å². The summed E-state index contributed by atoms with van der Waals surface area (Å²) in [7, 11) is 0. The van der Waals surface area contributed by atoms with Crippen LogP contribution in [0.1, 0.15) is 54.4 Å². The third-order valence-corrected chi connectivity index (χ3v) is 6.68. The van der Waals surface area contributed by atoms with Crippen LogP contribution in [0.15, 0.2) is 24.3 Å². The van der Waals surface area contributed by atoms with Crippen LogP contribution < -0.4 is 0 Å². The van der Waals surface area contributed by atoms with Gasteiger partial charge in [0.15, 0.2) is 0 Å². The van der Waals surface area contributed by atoms with Crippen molar-refractivity contribution >= 4 is 17.7 Å². The summed E-state index contributed by atoms with van der Waals surface area (Å²) in [6.07, 6.45) is 5.09. The maximum absolute atomic E-state index is 13.1. The molecule has 0 N–H and O–H groups in total. The summed E-state index contributed by atoms with van der Waals surface area (Å²) in [4.78, 5) is 43.7. The monoisotopic (exact) mass is 397 g/mol. The summed E-state index contributed by atoms with van der Waals surface area (Å²) in [5, 5.41) is 0. The van der Waals surface area contributed by atoms with E-state index >= 15 is 0 Å². The minimum absolute atomic E-state index is 0.0220. The lowest BCUT2D eigenvalue weighted by molar-refractivity contribution is -0.139. The molecule has 3 saturated heterocycles. The molecule has 3 fully saturated rings. The zero-order valence-electron chi connectivity index (χ0n) is 17.3. The highest BCUT2D eigenvalue weighted by molar-refractivity contribution is 5.94. The van der Waals surface area contributed by atoms with E-state index in [-0.39, 0.29) is 23.6 Å². The summed E-state index contributed by atoms with van der Waals surface area (Å²) >= 11 is 0. The van der Waals surface area contributed by atoms with Crippen molar-refractivity contribution in [3.05, 3.63) is 35.4 Å². The first-order valence-corrected chi connectivity index (χ1v) is 11.0. The number of piperidine rings is 2. The second kappa shape index (κ2) is 8.56. The predicted molar refractivity (Wildman–Crippen MR) is 110 cm³/mol. The summed E-state index contributed by atoms with van der Waals surface area (Å²) in [5.41, 5.74) is 1.83. The highest BCUT2D eigenvalue weighted by Gasteiger charge is 2.35. The molecule has 0 radical (unpaired) electrons. The van der Waals surface area contributed by atoms with E-state index < -0.39 is 0 Å². The molecule has 1 aromatic rings. The summed E-state index contributed by atoms with van der Waals surface area (Å²) in [5.74, 6) is 0.363. The number of hydrogen-bond donors (Lipinski definition) is 0. The molecule has 156 valence electrons. The van der Waals surface area contributed by atoms with E-state index in [9.17, 15) is 14.4 Å². The first kappa shape index (κ1) is 19.9. The third-order valence-electron chi connectivity index (χ3n) is 6.68. The predicted octanol–water partition coefficient (Wildman–Crippen LogP) is 2.46. The van der Waals surface area contributed by atoms with Crippen LogP contribution in [0.2, 0.25) is 0 Å². The number of likely N-dealkylation sites (tertiary alicyclic amines) is 3. The fourth-order valence-electron chi connectivity index (χ4n) is 4.95. The maximum Gasteiger partial charge on any atom is 0.253 e. The van der Waals surface area contributed by atoms with Gasteiger partial charge < -0.3 is 14.7 Å². The Kier molecular flexibility index (Phi) is 5.88. The average molecular weight is 398 g/mol. The fraction of sp³-hybridized carbons (Fsp3) is 0.609. The van der Waals surface area contributed by atoms with Gasteiger partial charge in [-0.25, -0.2) is 0 Å². The van der Waals surface area contributed by atoms with E-state index in [0.29, 0.717) is 24.6 Å². The SMILES string of the molecule is Cc1ccc(C(=O)N2CCCC(C(=O)N3CCC(N4CCCC4=O)CC3)C2)cc1. The third kappa shape index (κ3) is 4.31. The Bertz CT molecular complexity index is 768. The van der Waals surface area contributed by atoms with E-state index in [0.717, 1.165) is 63.8 Å². The molecule has 4 rings (SSSR count). The van der Waals surface area contributed by atoms with Crippen molar-refractivity contribution in [2.24, 2.45) is 5.92 Å². The molecular weight excluding hydrogens is 366 g/mol. The molecule has 1 atom stereocenters. The molecule has 29 heavy (non-hydrogen) atoms. The highest BCUT2D eigenvalue weighted by atomic mass is 16.2. The van der Waals surface area contributed by atoms with Crippen LogP contribution in [0.3, 0.4) is 0 Å². The number of rotatable bonds is 3. The second-order valence-electron chi connectivity index (χ2n) is 8.70. The molecular formula is C23H31N3O3. The van der Waals surface area contributed by atoms with Gasteiger partial charge in [-0.15, -0.1) is 0 Å². The maximum atomic E-state index is 13.1. The van der Waals surface area contributed by atoms with Crippen molar-refractivity contribution in [2.45, 2.75) is 51.5 Å². The molecule has 0 aliphatic carbocycles. The smallest absolute Gasteiger partial charge is 0.253 e. The van der Waals surface area contributed by atoms with Gasteiger partial charge in [-0.05, 0) is 51.2 Å². The zero-order chi connectivity index (χ0) is 20.4. The summed E-state index contributed by atoms with van der Waals surface area (Å²) in [6, 6.07) is 7.94. The standard InChI is InChI=1S/C23H31N3O3/c1-17-6-8-18(9-7-17)22(28)25-12-2-4-19(16-25)23(29)24-14-10-20(11-15-24)26-13-3-5-21(26)27/h6-9,19-20H,2-5,10-16H2,1H3. The minimum atomic E-state index is -0.108. The van der Waals surface area contributed by atoms with Crippen molar-refractivity contribution < 1.29 is 14.4 Å². The molecule has 0 saturated carbocycles. The van der Waals surface area contributed by atoms with E-state index in [4.69, 9.17) is 0 Å². The number of carbonyl (C=O) groups excluding carboxylic acids is 3. The number of hydrogen-bond acceptors (Lipinski definition) is 3. The van der Waals surface area contributed by atoms with E-state index in [2.05, 4.69) is 0 Å². The van der Waals surface area contributed by atoms with Gasteiger partial charge in [0.05, 0.1) is 5.92 Å². The fourth-order valence-corrected chi connectivity index (χ4v) is 4.95. The van der Waals surface area contributed by atoms with Crippen molar-refractivity contribution in [3.63, 3.8) is 0 Å². The molecule has 6 nitrogen and oxygen atoms in total. The van der Waals surface area contributed by atoms with Crippen molar-refractivity contribution in [3.8, 4) is 0 Å². The van der Waals surface area contributed by atoms with Gasteiger partial charge in [0.2, 0.25) is 11.8 Å². The van der Waals surface area contributed by atoms with Crippen molar-refractivity contribution in [2.75, 3.05) is 32.7 Å². The normalized spacial score (nSPS) is 23.6. The van der Waals surface area contributed by atoms with Crippen LogP contribution in [-0.4, -0.2) is 71.2 Å². The molecule has 0 spiro atoms. The summed E-state index contributed by atoms with van der Waals surface area (Å²) < 4.78 is 0. The second-order valence-corrected chi connectivity index (χ2v) is 8.70. The topological polar surface area (TPSA) is 60.9 Å². The molecule has 3 amide bonds. The van der Waals surface area contributed by atoms with Crippen LogP contribution in [0.4, 0.5) is 0 Å². The Balaban J connectivity index is 1.32. The number of benzene rings is 1. The van der Waals surface area contributed by atoms with Gasteiger partial charge in [0.25, 0.3) is 5.91 Å². The number of amides is 3. The molecule has 3 aliphatic rings. The summed E-state index contributed by atoms with van der Waals surface area (Å²) in [6.45, 7) is 5.54. The van der Waals surface area contributed by atoms with Gasteiger partial charge in [-0.1, -0.05) is 17.7 Å². The van der Waals surface area contributed by atoms with Gasteiger partial charge >= 0.3 is 0 Å². The molecule has 0 aromatic heterocycles. The Hall–Kier alpha value is -2.37. The Morgan fingerprint density at radius 2 is 1.62 bits per heavy atom. The minimum Gasteiger partial charge on any atom is -0.342 e. The molecule has 3 aliphatic heterocycles. The lowest BCUT2D eigenvalue weighted by Crippen LogP contribution is -2.51. The Labute approximate surface area is 172 Å². The van der Waals surface area contributed by atoms with Crippen LogP contribution >= 0.6 is 0 Å². The molecule has 6 heteroatoms. The van der Waals surface area contributed by atoms with Gasteiger partial charge in [0.1, 0.15) is 0 Å². The van der Waals surface area contributed by atoms with Gasteiger partial charge in [-0.3, -0.25) is 14.4 Å². The van der Waals surface area contributed by atoms with E-state index in [1.807, 2.05) is 45.9 Å². The lowest BCUT2D eigenvalue weighted by Gasteiger charge is -2.40. The van der Waals surface area contributed by atoms with Crippen LogP contribution in [-0.2, 0) is 9.59 Å². The van der Waals surface area contributed by atoms with Crippen LogP contribution in [0, 0.1) is 12.8 Å². The van der Waals surface area contributed by atoms with Gasteiger partial charge in [-0.2, -0.15) is 0 Å². The van der Waals surface area contributed by atoms with E-state index in [1.165, 1.54) is 0 Å². The Morgan fingerprint density at radius 3 is 2.28 bits per heavy atom. The molecule has 1 aromatic carbocycles. The quantitative estimate of drug-likeness (QED) is 0.787. The van der Waals surface area contributed by atoms with E-state index in [1.54, 1.807) is 0 Å². The Morgan fingerprint density at radius 1 is 0.897 bits per heavy atom. The average Bonchev–Trinajstić information content (AvgIpc) is 3.19. The molecule has 0 bridgehead atoms. The lowest BCUT2D eigenvalue weighted by atomic mass is 9.94. The molecule has 1 unspecified atom stereocenters. The first-order chi connectivity index (χ1) is 14.0. The number of nitrogens with zero attached hydrogens (tertiary/aromatic N) is 3. The molecule has 3 heterocycles. The number of carbonyl (C=O) groups is 3. The largest absolute Gasteiger partial charge is 0.342 e. The van der Waals surface area contributed by atoms with Crippen LogP contribution in [0.5, 0.6) is 0 Å². The van der Waals surface area contributed by atoms with Crippen LogP contribution in [0.25, 0.3) is 0 Å².